The monoisotopic (exact) mass is 338 g/mol. The third kappa shape index (κ3) is 6.70. The second-order valence-electron chi connectivity index (χ2n) is 4.40. The molecular formula is C9H18N6O2S3. The summed E-state index contributed by atoms with van der Waals surface area (Å²) in [5.74, 6) is 0. The smallest absolute Gasteiger partial charge is 0.210 e. The number of likely N-dealkylation sites (N-methyl/N-ethyl adjacent to an activating group) is 1. The molecule has 0 amide bonds. The molecule has 0 fully saturated rings. The van der Waals surface area contributed by atoms with Crippen molar-refractivity contribution in [2.45, 2.75) is 17.0 Å². The van der Waals surface area contributed by atoms with Crippen LogP contribution in [0.15, 0.2) is 5.16 Å². The molecule has 1 unspecified atom stereocenters. The summed E-state index contributed by atoms with van der Waals surface area (Å²) in [6, 6.07) is 0. The lowest BCUT2D eigenvalue weighted by Crippen LogP contribution is -2.30. The van der Waals surface area contributed by atoms with Gasteiger partial charge in [-0.1, -0.05) is 24.0 Å². The van der Waals surface area contributed by atoms with Crippen LogP contribution >= 0.6 is 24.0 Å². The molecule has 0 bridgehead atoms. The number of nitrogens with one attached hydrogen (secondary N) is 1. The maximum atomic E-state index is 11.1. The first kappa shape index (κ1) is 17.4. The molecule has 0 spiro atoms. The third-order valence-electron chi connectivity index (χ3n) is 2.21. The Morgan fingerprint density at radius 2 is 2.25 bits per heavy atom. The minimum atomic E-state index is -3.23. The fourth-order valence-corrected chi connectivity index (χ4v) is 2.88. The number of hydrogen-bond acceptors (Lipinski definition) is 8. The summed E-state index contributed by atoms with van der Waals surface area (Å²) in [5.41, 5.74) is 0. The minimum absolute atomic E-state index is 0.205. The zero-order chi connectivity index (χ0) is 15.2. The van der Waals surface area contributed by atoms with Crippen molar-refractivity contribution in [3.8, 4) is 0 Å². The summed E-state index contributed by atoms with van der Waals surface area (Å²) in [7, 11) is 0.696. The van der Waals surface area contributed by atoms with Crippen LogP contribution in [-0.4, -0.2) is 77.6 Å². The number of aromatic nitrogens is 4. The standard InChI is InChI=1S/C9H18N6O2S3/c1-14(2)4-5-15-9(11-12-13-15)19-8(7-18)6-10-20(3,16)17/h7-8,10H,4-6H2,1-3H3. The average molecular weight is 338 g/mol. The van der Waals surface area contributed by atoms with Gasteiger partial charge in [-0.3, -0.25) is 0 Å². The fraction of sp³-hybridized carbons (Fsp3) is 0.778. The van der Waals surface area contributed by atoms with Crippen LogP contribution in [0.3, 0.4) is 0 Å². The van der Waals surface area contributed by atoms with Gasteiger partial charge >= 0.3 is 0 Å². The normalized spacial score (nSPS) is 13.6. The molecule has 8 nitrogen and oxygen atoms in total. The van der Waals surface area contributed by atoms with Gasteiger partial charge in [0.15, 0.2) is 0 Å². The Balaban J connectivity index is 2.61. The maximum Gasteiger partial charge on any atom is 0.210 e. The maximum absolute atomic E-state index is 11.1. The van der Waals surface area contributed by atoms with E-state index in [0.717, 1.165) is 12.8 Å². The molecule has 0 aromatic carbocycles. The first-order chi connectivity index (χ1) is 9.31. The van der Waals surface area contributed by atoms with Gasteiger partial charge in [-0.2, -0.15) is 0 Å². The Morgan fingerprint density at radius 1 is 1.55 bits per heavy atom. The van der Waals surface area contributed by atoms with Gasteiger partial charge in [0, 0.05) is 13.1 Å². The van der Waals surface area contributed by atoms with Gasteiger partial charge in [0.2, 0.25) is 15.2 Å². The molecule has 0 aliphatic rings. The topological polar surface area (TPSA) is 93.0 Å². The SMILES string of the molecule is CN(C)CCn1nnnc1SC(C=S)CNS(C)(=O)=O. The molecule has 0 aliphatic heterocycles. The molecule has 1 rings (SSSR count). The Morgan fingerprint density at radius 3 is 2.80 bits per heavy atom. The van der Waals surface area contributed by atoms with E-state index < -0.39 is 10.0 Å². The fourth-order valence-electron chi connectivity index (χ4n) is 1.20. The van der Waals surface area contributed by atoms with Gasteiger partial charge < -0.3 is 4.90 Å². The van der Waals surface area contributed by atoms with Crippen molar-refractivity contribution in [2.75, 3.05) is 33.4 Å². The van der Waals surface area contributed by atoms with Crippen LogP contribution in [0.1, 0.15) is 0 Å². The number of sulfonamides is 1. The minimum Gasteiger partial charge on any atom is -0.308 e. The number of nitrogens with zero attached hydrogens (tertiary/aromatic N) is 5. The van der Waals surface area contributed by atoms with E-state index in [2.05, 4.69) is 20.2 Å². The summed E-state index contributed by atoms with van der Waals surface area (Å²) in [4.78, 5) is 2.03. The molecule has 114 valence electrons. The van der Waals surface area contributed by atoms with Crippen molar-refractivity contribution >= 4 is 39.4 Å². The quantitative estimate of drug-likeness (QED) is 0.464. The number of hydrogen-bond donors (Lipinski definition) is 1. The van der Waals surface area contributed by atoms with Gasteiger partial charge in [-0.15, -0.1) is 5.10 Å². The number of thiocarbonyl (C=S) groups is 1. The Hall–Kier alpha value is -0.620. The van der Waals surface area contributed by atoms with Crippen LogP contribution in [0.25, 0.3) is 0 Å². The predicted octanol–water partition coefficient (Wildman–Crippen LogP) is -0.756. The van der Waals surface area contributed by atoms with E-state index in [4.69, 9.17) is 12.2 Å². The first-order valence-electron chi connectivity index (χ1n) is 5.79. The van der Waals surface area contributed by atoms with E-state index in [9.17, 15) is 8.42 Å². The number of thioether (sulfide) groups is 1. The molecule has 1 aromatic rings. The molecule has 0 saturated carbocycles. The van der Waals surface area contributed by atoms with E-state index in [1.807, 2.05) is 19.0 Å². The van der Waals surface area contributed by atoms with Crippen molar-refractivity contribution in [3.63, 3.8) is 0 Å². The number of rotatable bonds is 9. The van der Waals surface area contributed by atoms with E-state index in [-0.39, 0.29) is 11.8 Å². The van der Waals surface area contributed by atoms with Crippen LogP contribution < -0.4 is 4.72 Å². The van der Waals surface area contributed by atoms with Crippen molar-refractivity contribution < 1.29 is 8.42 Å². The molecular weight excluding hydrogens is 320 g/mol. The lowest BCUT2D eigenvalue weighted by atomic mass is 10.5. The highest BCUT2D eigenvalue weighted by molar-refractivity contribution is 8.01. The van der Waals surface area contributed by atoms with Crippen LogP contribution in [0.2, 0.25) is 0 Å². The van der Waals surface area contributed by atoms with Crippen molar-refractivity contribution in [3.05, 3.63) is 0 Å². The molecule has 1 heterocycles. The van der Waals surface area contributed by atoms with Crippen molar-refractivity contribution in [1.29, 1.82) is 0 Å². The zero-order valence-corrected chi connectivity index (χ0v) is 14.0. The molecule has 1 N–H and O–H groups in total. The largest absolute Gasteiger partial charge is 0.308 e. The first-order valence-corrected chi connectivity index (χ1v) is 9.03. The van der Waals surface area contributed by atoms with Gasteiger partial charge in [0.1, 0.15) is 0 Å². The number of tetrazole rings is 1. The van der Waals surface area contributed by atoms with Crippen molar-refractivity contribution in [2.24, 2.45) is 0 Å². The Labute approximate surface area is 128 Å². The second kappa shape index (κ2) is 7.98. The van der Waals surface area contributed by atoms with Crippen LogP contribution in [0.5, 0.6) is 0 Å². The van der Waals surface area contributed by atoms with Gasteiger partial charge in [0.05, 0.1) is 18.1 Å². The van der Waals surface area contributed by atoms with Crippen molar-refractivity contribution in [1.82, 2.24) is 29.8 Å². The zero-order valence-electron chi connectivity index (χ0n) is 11.6. The van der Waals surface area contributed by atoms with Crippen LogP contribution in [0.4, 0.5) is 0 Å². The van der Waals surface area contributed by atoms with Crippen LogP contribution in [-0.2, 0) is 16.6 Å². The lowest BCUT2D eigenvalue weighted by Gasteiger charge is -2.12. The highest BCUT2D eigenvalue weighted by Gasteiger charge is 2.15. The summed E-state index contributed by atoms with van der Waals surface area (Å²) in [6.07, 6.45) is 1.11. The summed E-state index contributed by atoms with van der Waals surface area (Å²) in [6.45, 7) is 1.68. The summed E-state index contributed by atoms with van der Waals surface area (Å²) >= 11 is 6.25. The molecule has 11 heteroatoms. The van der Waals surface area contributed by atoms with E-state index in [1.54, 1.807) is 4.68 Å². The Bertz CT molecular complexity index is 530. The average Bonchev–Trinajstić information content (AvgIpc) is 2.78. The van der Waals surface area contributed by atoms with Crippen LogP contribution in [0, 0.1) is 0 Å². The lowest BCUT2D eigenvalue weighted by molar-refractivity contribution is 0.361. The third-order valence-corrected chi connectivity index (χ3v) is 4.51. The second-order valence-corrected chi connectivity index (χ2v) is 7.71. The molecule has 1 aromatic heterocycles. The van der Waals surface area contributed by atoms with Gasteiger partial charge in [-0.05, 0) is 29.9 Å². The molecule has 0 aliphatic carbocycles. The summed E-state index contributed by atoms with van der Waals surface area (Å²) in [5, 5.41) is 13.4. The van der Waals surface area contributed by atoms with E-state index >= 15 is 0 Å². The molecule has 20 heavy (non-hydrogen) atoms. The molecule has 0 radical (unpaired) electrons. The van der Waals surface area contributed by atoms with E-state index in [0.29, 0.717) is 11.7 Å². The summed E-state index contributed by atoms with van der Waals surface area (Å²) < 4.78 is 26.3. The van der Waals surface area contributed by atoms with Gasteiger partial charge in [-0.25, -0.2) is 17.8 Å². The van der Waals surface area contributed by atoms with E-state index in [1.165, 1.54) is 17.1 Å². The highest BCUT2D eigenvalue weighted by atomic mass is 32.2. The van der Waals surface area contributed by atoms with Gasteiger partial charge in [0.25, 0.3) is 0 Å². The molecule has 1 atom stereocenters. The predicted molar refractivity (Wildman–Crippen MR) is 82.5 cm³/mol. The molecule has 0 saturated heterocycles. The Kier molecular flexibility index (Phi) is 6.95. The highest BCUT2D eigenvalue weighted by Crippen LogP contribution is 2.19.